The van der Waals surface area contributed by atoms with Gasteiger partial charge >= 0.3 is 18.4 Å². The van der Waals surface area contributed by atoms with E-state index in [0.29, 0.717) is 50.3 Å². The first-order valence-corrected chi connectivity index (χ1v) is 17.4. The largest absolute Gasteiger partial charge is 0.444 e. The van der Waals surface area contributed by atoms with Crippen LogP contribution in [0.1, 0.15) is 98.2 Å². The van der Waals surface area contributed by atoms with Crippen LogP contribution >= 0.6 is 0 Å². The molecule has 280 valence electrons. The molecule has 2 aromatic carbocycles. The Morgan fingerprint density at radius 1 is 1.02 bits per heavy atom. The van der Waals surface area contributed by atoms with Crippen LogP contribution in [-0.4, -0.2) is 73.5 Å². The van der Waals surface area contributed by atoms with Crippen molar-refractivity contribution in [2.45, 2.75) is 102 Å². The number of nitrogens with zero attached hydrogens (tertiary/aromatic N) is 6. The number of aromatic nitrogens is 3. The van der Waals surface area contributed by atoms with E-state index in [2.05, 4.69) is 10.2 Å². The number of carbonyl (C=O) groups is 2. The fraction of sp³-hybridized carbons (Fsp3) is 0.568. The Morgan fingerprint density at radius 2 is 1.71 bits per heavy atom. The molecule has 3 fully saturated rings. The molecule has 1 spiro atoms. The third-order valence-corrected chi connectivity index (χ3v) is 11.2. The van der Waals surface area contributed by atoms with Crippen LogP contribution in [-0.2, 0) is 36.5 Å². The molecular weight excluding hydrogens is 690 g/mol. The first-order valence-electron chi connectivity index (χ1n) is 17.4. The number of aryl methyl sites for hydroxylation is 1. The standard InChI is InChI=1S/C37H42F6N6O3/c1-32(2,3)52-31(51)49(33(4)10-7-11-33)15-23-12-26-27(28(13-23)37(41,42)43)16-48(29(26)50)25-9-6-8-24(14-25)35(30-45-44-22-46(30)5)17-34(18-35)19-47(20-34)21-36(38,39)40/h6,8-9,12-14,22H,7,10-11,15-21H2,1-5H3. The van der Waals surface area contributed by atoms with E-state index in [1.807, 2.05) is 13.0 Å². The predicted octanol–water partition coefficient (Wildman–Crippen LogP) is 7.62. The summed E-state index contributed by atoms with van der Waals surface area (Å²) in [7, 11) is 1.79. The fourth-order valence-electron chi connectivity index (χ4n) is 8.85. The number of ether oxygens (including phenoxy) is 1. The molecule has 7 rings (SSSR count). The molecule has 2 aliphatic carbocycles. The normalized spacial score (nSPS) is 20.6. The SMILES string of the molecule is Cn1cnnc1C1(c2cccc(N3Cc4c(cc(CN(C(=O)OC(C)(C)C)C5(C)CCC5)cc4C(F)(F)F)C3=O)c2)CC2(CN(CC(F)(F)F)C2)C1. The van der Waals surface area contributed by atoms with Gasteiger partial charge < -0.3 is 14.2 Å². The number of amides is 2. The minimum Gasteiger partial charge on any atom is -0.444 e. The summed E-state index contributed by atoms with van der Waals surface area (Å²) in [5.74, 6) is 0.0250. The highest BCUT2D eigenvalue weighted by atomic mass is 19.4. The lowest BCUT2D eigenvalue weighted by molar-refractivity contribution is -0.187. The molecular formula is C37H42F6N6O3. The van der Waals surface area contributed by atoms with Crippen LogP contribution in [0, 0.1) is 5.41 Å². The van der Waals surface area contributed by atoms with E-state index in [9.17, 15) is 35.9 Å². The Balaban J connectivity index is 1.19. The van der Waals surface area contributed by atoms with Crippen LogP contribution < -0.4 is 4.90 Å². The van der Waals surface area contributed by atoms with Gasteiger partial charge in [0.25, 0.3) is 5.91 Å². The number of anilines is 1. The Kier molecular flexibility index (Phi) is 8.32. The van der Waals surface area contributed by atoms with Crippen molar-refractivity contribution in [3.8, 4) is 0 Å². The van der Waals surface area contributed by atoms with Crippen LogP contribution in [0.25, 0.3) is 0 Å². The monoisotopic (exact) mass is 732 g/mol. The molecule has 0 N–H and O–H groups in total. The van der Waals surface area contributed by atoms with Gasteiger partial charge in [-0.25, -0.2) is 4.79 Å². The molecule has 9 nitrogen and oxygen atoms in total. The summed E-state index contributed by atoms with van der Waals surface area (Å²) in [5.41, 5.74) is -2.29. The lowest BCUT2D eigenvalue weighted by Gasteiger charge is -2.64. The average molecular weight is 733 g/mol. The van der Waals surface area contributed by atoms with Gasteiger partial charge in [-0.15, -0.1) is 10.2 Å². The molecule has 2 aliphatic heterocycles. The first kappa shape index (κ1) is 36.2. The van der Waals surface area contributed by atoms with E-state index in [-0.39, 0.29) is 35.2 Å². The number of benzene rings is 2. The molecule has 1 saturated heterocycles. The van der Waals surface area contributed by atoms with Crippen molar-refractivity contribution in [3.05, 3.63) is 76.4 Å². The van der Waals surface area contributed by atoms with Crippen LogP contribution in [0.4, 0.5) is 36.8 Å². The van der Waals surface area contributed by atoms with Crippen molar-refractivity contribution in [3.63, 3.8) is 0 Å². The van der Waals surface area contributed by atoms with Gasteiger partial charge in [-0.05, 0) is 106 Å². The highest BCUT2D eigenvalue weighted by Gasteiger charge is 2.63. The van der Waals surface area contributed by atoms with Gasteiger partial charge in [-0.2, -0.15) is 26.3 Å². The third-order valence-electron chi connectivity index (χ3n) is 11.2. The van der Waals surface area contributed by atoms with Gasteiger partial charge in [0.2, 0.25) is 0 Å². The summed E-state index contributed by atoms with van der Waals surface area (Å²) < 4.78 is 90.7. The van der Waals surface area contributed by atoms with Gasteiger partial charge in [-0.1, -0.05) is 12.1 Å². The number of halogens is 6. The number of carbonyl (C=O) groups excluding carboxylic acids is 2. The van der Waals surface area contributed by atoms with Crippen LogP contribution in [0.2, 0.25) is 0 Å². The van der Waals surface area contributed by atoms with Crippen molar-refractivity contribution in [2.75, 3.05) is 24.5 Å². The molecule has 3 aromatic rings. The second kappa shape index (κ2) is 11.9. The van der Waals surface area contributed by atoms with Crippen LogP contribution in [0.3, 0.4) is 0 Å². The molecule has 1 aromatic heterocycles. The Labute approximate surface area is 297 Å². The molecule has 0 radical (unpaired) electrons. The van der Waals surface area contributed by atoms with Gasteiger partial charge in [0, 0.05) is 43.5 Å². The summed E-state index contributed by atoms with van der Waals surface area (Å²) in [6.45, 7) is 6.20. The first-order chi connectivity index (χ1) is 24.1. The second-order valence-electron chi connectivity index (χ2n) is 16.5. The summed E-state index contributed by atoms with van der Waals surface area (Å²) in [4.78, 5) is 31.6. The minimum absolute atomic E-state index is 0.0806. The summed E-state index contributed by atoms with van der Waals surface area (Å²) in [5, 5.41) is 8.42. The van der Waals surface area contributed by atoms with Crippen molar-refractivity contribution in [1.29, 1.82) is 0 Å². The Bertz CT molecular complexity index is 1900. The number of fused-ring (bicyclic) bond motifs is 1. The lowest BCUT2D eigenvalue weighted by Crippen LogP contribution is -2.68. The zero-order valence-corrected chi connectivity index (χ0v) is 29.8. The molecule has 2 saturated carbocycles. The maximum absolute atomic E-state index is 14.7. The fourth-order valence-corrected chi connectivity index (χ4v) is 8.85. The number of hydrogen-bond acceptors (Lipinski definition) is 6. The molecule has 4 aliphatic rings. The number of rotatable bonds is 7. The second-order valence-corrected chi connectivity index (χ2v) is 16.5. The molecule has 0 unspecified atom stereocenters. The van der Waals surface area contributed by atoms with Crippen LogP contribution in [0.15, 0.2) is 42.7 Å². The lowest BCUT2D eigenvalue weighted by atomic mass is 9.47. The van der Waals surface area contributed by atoms with E-state index < -0.39 is 53.0 Å². The molecule has 52 heavy (non-hydrogen) atoms. The Hall–Kier alpha value is -4.14. The quantitative estimate of drug-likeness (QED) is 0.233. The molecule has 15 heteroatoms. The van der Waals surface area contributed by atoms with E-state index >= 15 is 0 Å². The zero-order valence-electron chi connectivity index (χ0n) is 29.8. The number of hydrogen-bond donors (Lipinski definition) is 0. The maximum Gasteiger partial charge on any atom is 0.416 e. The van der Waals surface area contributed by atoms with Crippen molar-refractivity contribution in [2.24, 2.45) is 12.5 Å². The maximum atomic E-state index is 14.7. The van der Waals surface area contributed by atoms with E-state index in [1.165, 1.54) is 20.8 Å². The summed E-state index contributed by atoms with van der Waals surface area (Å²) in [6, 6.07) is 9.51. The highest BCUT2D eigenvalue weighted by Crippen LogP contribution is 2.62. The van der Waals surface area contributed by atoms with Gasteiger partial charge in [0.05, 0.1) is 24.1 Å². The van der Waals surface area contributed by atoms with Gasteiger partial charge in [-0.3, -0.25) is 14.6 Å². The van der Waals surface area contributed by atoms with Crippen molar-refractivity contribution >= 4 is 17.7 Å². The van der Waals surface area contributed by atoms with E-state index in [1.54, 1.807) is 56.9 Å². The molecule has 0 atom stereocenters. The molecule has 0 bridgehead atoms. The van der Waals surface area contributed by atoms with Crippen molar-refractivity contribution in [1.82, 2.24) is 24.6 Å². The average Bonchev–Trinajstić information content (AvgIpc) is 3.55. The summed E-state index contributed by atoms with van der Waals surface area (Å²) in [6.07, 6.45) is -4.90. The number of alkyl halides is 6. The van der Waals surface area contributed by atoms with Crippen LogP contribution in [0.5, 0.6) is 0 Å². The Morgan fingerprint density at radius 3 is 2.27 bits per heavy atom. The summed E-state index contributed by atoms with van der Waals surface area (Å²) >= 11 is 0. The molecule has 2 amide bonds. The smallest absolute Gasteiger partial charge is 0.416 e. The predicted molar refractivity (Wildman–Crippen MR) is 178 cm³/mol. The van der Waals surface area contributed by atoms with Gasteiger partial charge in [0.1, 0.15) is 17.8 Å². The minimum atomic E-state index is -4.77. The third kappa shape index (κ3) is 6.42. The topological polar surface area (TPSA) is 83.8 Å². The molecule has 3 heterocycles. The van der Waals surface area contributed by atoms with E-state index in [4.69, 9.17) is 4.74 Å². The van der Waals surface area contributed by atoms with Gasteiger partial charge in [0.15, 0.2) is 0 Å². The highest BCUT2D eigenvalue weighted by molar-refractivity contribution is 6.10. The van der Waals surface area contributed by atoms with E-state index in [0.717, 1.165) is 18.1 Å². The number of likely N-dealkylation sites (tertiary alicyclic amines) is 1. The zero-order chi connectivity index (χ0) is 37.6. The van der Waals surface area contributed by atoms with Crippen molar-refractivity contribution < 1.29 is 40.7 Å².